The first-order chi connectivity index (χ1) is 17.5. The second kappa shape index (κ2) is 10.4. The molecule has 1 unspecified atom stereocenters. The number of aromatic nitrogens is 1. The Kier molecular flexibility index (Phi) is 7.51. The number of rotatable bonds is 3. The molecule has 2 amide bonds. The third kappa shape index (κ3) is 5.79. The molecule has 2 saturated heterocycles. The molecule has 0 N–H and O–H groups in total. The minimum Gasteiger partial charge on any atom is -0.444 e. The van der Waals surface area contributed by atoms with Gasteiger partial charge in [-0.15, -0.1) is 0 Å². The summed E-state index contributed by atoms with van der Waals surface area (Å²) in [5.41, 5.74) is 4.07. The first-order valence-corrected chi connectivity index (χ1v) is 14.4. The highest BCUT2D eigenvalue weighted by Crippen LogP contribution is 2.47. The van der Waals surface area contributed by atoms with Crippen molar-refractivity contribution in [3.8, 4) is 0 Å². The van der Waals surface area contributed by atoms with Crippen LogP contribution in [-0.2, 0) is 16.0 Å². The van der Waals surface area contributed by atoms with Crippen LogP contribution in [0.2, 0.25) is 10.0 Å². The smallest absolute Gasteiger partial charge is 0.410 e. The van der Waals surface area contributed by atoms with Crippen molar-refractivity contribution in [3.63, 3.8) is 0 Å². The summed E-state index contributed by atoms with van der Waals surface area (Å²) in [5.74, 6) is 0.785. The van der Waals surface area contributed by atoms with Crippen molar-refractivity contribution in [2.75, 3.05) is 26.2 Å². The van der Waals surface area contributed by atoms with Crippen molar-refractivity contribution in [1.29, 1.82) is 0 Å². The normalized spacial score (nSPS) is 20.2. The van der Waals surface area contributed by atoms with Gasteiger partial charge in [-0.2, -0.15) is 0 Å². The summed E-state index contributed by atoms with van der Waals surface area (Å²) < 4.78 is 6.38. The zero-order valence-electron chi connectivity index (χ0n) is 21.4. The summed E-state index contributed by atoms with van der Waals surface area (Å²) in [5, 5.41) is 1.34. The molecule has 2 fully saturated rings. The molecule has 0 spiro atoms. The molecular formula is C28H32BrCl2N3O3. The third-order valence-corrected chi connectivity index (χ3v) is 8.54. The minimum atomic E-state index is -0.510. The Labute approximate surface area is 236 Å². The molecule has 0 saturated carbocycles. The standard InChI is InChI=1S/C28H32BrCl2N3O3/c1-28(2,3)37-27(36)34-14-16(15-34)8-23(35)33-6-4-17(5-7-33)25-24-18(11-21(30)12-22(24)31)9-19-10-20(29)13-32-26(19)25/h10-13,16-17,25H,4-9,14-15H2,1-3H3. The van der Waals surface area contributed by atoms with Crippen molar-refractivity contribution in [3.05, 3.63) is 61.3 Å². The summed E-state index contributed by atoms with van der Waals surface area (Å²) in [6.45, 7) is 8.17. The van der Waals surface area contributed by atoms with Crippen molar-refractivity contribution in [2.24, 2.45) is 11.8 Å². The van der Waals surface area contributed by atoms with Crippen molar-refractivity contribution in [1.82, 2.24) is 14.8 Å². The lowest BCUT2D eigenvalue weighted by molar-refractivity contribution is -0.135. The van der Waals surface area contributed by atoms with Gasteiger partial charge in [0.05, 0.1) is 5.69 Å². The van der Waals surface area contributed by atoms with Crippen LogP contribution in [0.25, 0.3) is 0 Å². The maximum atomic E-state index is 13.1. The van der Waals surface area contributed by atoms with Crippen molar-refractivity contribution in [2.45, 2.75) is 58.0 Å². The molecule has 0 radical (unpaired) electrons. The molecule has 1 aromatic carbocycles. The average molecular weight is 609 g/mol. The third-order valence-electron chi connectivity index (χ3n) is 7.57. The quantitative estimate of drug-likeness (QED) is 0.390. The fraction of sp³-hybridized carbons (Fsp3) is 0.536. The zero-order chi connectivity index (χ0) is 26.5. The highest BCUT2D eigenvalue weighted by Gasteiger charge is 2.39. The number of carbonyl (C=O) groups excluding carboxylic acids is 2. The fourth-order valence-corrected chi connectivity index (χ4v) is 6.91. The molecule has 1 aromatic heterocycles. The van der Waals surface area contributed by atoms with Gasteiger partial charge < -0.3 is 14.5 Å². The van der Waals surface area contributed by atoms with Gasteiger partial charge in [0.1, 0.15) is 5.60 Å². The fourth-order valence-electron chi connectivity index (χ4n) is 5.88. The number of hydrogen-bond acceptors (Lipinski definition) is 4. The van der Waals surface area contributed by atoms with Crippen LogP contribution in [0.3, 0.4) is 0 Å². The Morgan fingerprint density at radius 2 is 1.78 bits per heavy atom. The van der Waals surface area contributed by atoms with Crippen LogP contribution < -0.4 is 0 Å². The number of benzene rings is 1. The maximum absolute atomic E-state index is 13.1. The first kappa shape index (κ1) is 26.8. The summed E-state index contributed by atoms with van der Waals surface area (Å²) in [6.07, 6.45) is 4.57. The van der Waals surface area contributed by atoms with Crippen LogP contribution >= 0.6 is 39.1 Å². The number of piperidine rings is 1. The van der Waals surface area contributed by atoms with Gasteiger partial charge in [0.15, 0.2) is 0 Å². The van der Waals surface area contributed by atoms with E-state index < -0.39 is 5.60 Å². The molecule has 5 rings (SSSR count). The van der Waals surface area contributed by atoms with E-state index in [-0.39, 0.29) is 23.8 Å². The van der Waals surface area contributed by atoms with E-state index in [1.54, 1.807) is 4.90 Å². The molecule has 198 valence electrons. The molecule has 6 nitrogen and oxygen atoms in total. The van der Waals surface area contributed by atoms with Crippen LogP contribution in [0, 0.1) is 11.8 Å². The van der Waals surface area contributed by atoms with Gasteiger partial charge in [-0.05, 0) is 96.8 Å². The molecule has 1 aliphatic carbocycles. The molecule has 1 atom stereocenters. The Hall–Kier alpha value is -1.83. The van der Waals surface area contributed by atoms with E-state index in [9.17, 15) is 9.59 Å². The van der Waals surface area contributed by atoms with Crippen LogP contribution in [0.15, 0.2) is 28.9 Å². The van der Waals surface area contributed by atoms with Crippen LogP contribution in [0.5, 0.6) is 0 Å². The maximum Gasteiger partial charge on any atom is 0.410 e. The number of fused-ring (bicyclic) bond motifs is 2. The zero-order valence-corrected chi connectivity index (χ0v) is 24.5. The van der Waals surface area contributed by atoms with Crippen LogP contribution in [-0.4, -0.2) is 58.6 Å². The van der Waals surface area contributed by atoms with E-state index in [1.807, 2.05) is 44.0 Å². The number of likely N-dealkylation sites (tertiary alicyclic amines) is 2. The van der Waals surface area contributed by atoms with Gasteiger partial charge in [0.2, 0.25) is 5.91 Å². The number of carbonyl (C=O) groups is 2. The molecule has 2 aromatic rings. The lowest BCUT2D eigenvalue weighted by atomic mass is 9.71. The van der Waals surface area contributed by atoms with Crippen LogP contribution in [0.1, 0.15) is 68.3 Å². The lowest BCUT2D eigenvalue weighted by Crippen LogP contribution is -2.53. The Morgan fingerprint density at radius 1 is 1.08 bits per heavy atom. The molecule has 3 heterocycles. The van der Waals surface area contributed by atoms with E-state index >= 15 is 0 Å². The second-order valence-electron chi connectivity index (χ2n) is 11.5. The average Bonchev–Trinajstić information content (AvgIpc) is 2.78. The van der Waals surface area contributed by atoms with E-state index in [0.29, 0.717) is 35.5 Å². The summed E-state index contributed by atoms with van der Waals surface area (Å²) in [4.78, 5) is 33.7. The predicted molar refractivity (Wildman–Crippen MR) is 148 cm³/mol. The number of hydrogen-bond donors (Lipinski definition) is 0. The van der Waals surface area contributed by atoms with Crippen molar-refractivity contribution < 1.29 is 14.3 Å². The molecule has 3 aliphatic rings. The number of halogens is 3. The Bertz CT molecular complexity index is 1220. The number of pyridine rings is 1. The van der Waals surface area contributed by atoms with Crippen molar-refractivity contribution >= 4 is 51.1 Å². The summed E-state index contributed by atoms with van der Waals surface area (Å²) in [6, 6.07) is 6.00. The van der Waals surface area contributed by atoms with Gasteiger partial charge >= 0.3 is 6.09 Å². The SMILES string of the molecule is CC(C)(C)OC(=O)N1CC(CC(=O)N2CCC(C3c4ncc(Br)cc4Cc4cc(Cl)cc(Cl)c43)CC2)C1. The second-order valence-corrected chi connectivity index (χ2v) is 13.2. The van der Waals surface area contributed by atoms with Gasteiger partial charge in [0.25, 0.3) is 0 Å². The molecule has 9 heteroatoms. The van der Waals surface area contributed by atoms with Gasteiger partial charge in [-0.25, -0.2) is 4.79 Å². The lowest BCUT2D eigenvalue weighted by Gasteiger charge is -2.42. The molecular weight excluding hydrogens is 577 g/mol. The Balaban J connectivity index is 1.22. The van der Waals surface area contributed by atoms with E-state index in [1.165, 1.54) is 5.56 Å². The largest absolute Gasteiger partial charge is 0.444 e. The highest BCUT2D eigenvalue weighted by molar-refractivity contribution is 9.10. The first-order valence-electron chi connectivity index (χ1n) is 12.9. The van der Waals surface area contributed by atoms with E-state index in [4.69, 9.17) is 32.9 Å². The number of amides is 2. The topological polar surface area (TPSA) is 62.7 Å². The molecule has 2 aliphatic heterocycles. The summed E-state index contributed by atoms with van der Waals surface area (Å²) >= 11 is 16.7. The molecule has 0 bridgehead atoms. The molecule has 37 heavy (non-hydrogen) atoms. The van der Waals surface area contributed by atoms with Crippen LogP contribution in [0.4, 0.5) is 4.79 Å². The van der Waals surface area contributed by atoms with Gasteiger partial charge in [-0.1, -0.05) is 23.2 Å². The van der Waals surface area contributed by atoms with E-state index in [0.717, 1.165) is 53.6 Å². The summed E-state index contributed by atoms with van der Waals surface area (Å²) in [7, 11) is 0. The van der Waals surface area contributed by atoms with Gasteiger partial charge in [-0.3, -0.25) is 9.78 Å². The van der Waals surface area contributed by atoms with E-state index in [2.05, 4.69) is 22.0 Å². The highest BCUT2D eigenvalue weighted by atomic mass is 79.9. The van der Waals surface area contributed by atoms with Gasteiger partial charge in [0, 0.05) is 65.2 Å². The monoisotopic (exact) mass is 607 g/mol. The minimum absolute atomic E-state index is 0.0860. The number of ether oxygens (including phenoxy) is 1. The number of nitrogens with zero attached hydrogens (tertiary/aromatic N) is 3. The predicted octanol–water partition coefficient (Wildman–Crippen LogP) is 6.68. The Morgan fingerprint density at radius 3 is 2.46 bits per heavy atom.